The molecule has 0 saturated carbocycles. The van der Waals surface area contributed by atoms with Crippen LogP contribution < -0.4 is 10.6 Å². The monoisotopic (exact) mass is 795 g/mol. The second-order valence-electron chi connectivity index (χ2n) is 15.6. The van der Waals surface area contributed by atoms with Crippen molar-refractivity contribution in [2.75, 3.05) is 0 Å². The molecular weight excluding hydrogens is 739 g/mol. The fourth-order valence-corrected chi connectivity index (χ4v) is 6.25. The minimum Gasteiger partial charge on any atom is -0.695 e. The molecule has 0 radical (unpaired) electrons. The maximum absolute atomic E-state index is 5.24. The van der Waals surface area contributed by atoms with Crippen LogP contribution in [0.2, 0.25) is 58.9 Å². The molecule has 262 valence electrons. The first-order chi connectivity index (χ1) is 22.4. The van der Waals surface area contributed by atoms with Crippen molar-refractivity contribution in [2.24, 2.45) is 0 Å². The van der Waals surface area contributed by atoms with Crippen molar-refractivity contribution in [1.29, 1.82) is 0 Å². The average molecular weight is 797 g/mol. The molecule has 0 fully saturated rings. The van der Waals surface area contributed by atoms with Gasteiger partial charge < -0.3 is 30.3 Å². The van der Waals surface area contributed by atoms with E-state index in [0.717, 1.165) is 5.69 Å². The van der Waals surface area contributed by atoms with Crippen molar-refractivity contribution in [1.82, 2.24) is 0 Å². The molecule has 49 heavy (non-hydrogen) atoms. The maximum atomic E-state index is 5.24. The molecule has 2 nitrogen and oxygen atoms in total. The molecule has 0 aromatic heterocycles. The average Bonchev–Trinajstić information content (AvgIpc) is 2.99. The van der Waals surface area contributed by atoms with Gasteiger partial charge in [-0.05, 0) is 21.4 Å². The number of nitrogens with zero attached hydrogens (tertiary/aromatic N) is 2. The Morgan fingerprint density at radius 2 is 0.878 bits per heavy atom. The van der Waals surface area contributed by atoms with E-state index in [1.165, 1.54) is 26.9 Å². The molecule has 1 unspecified atom stereocenters. The molecule has 7 heteroatoms. The summed E-state index contributed by atoms with van der Waals surface area (Å²) in [7, 11) is -3.39. The number of hydrogen-bond acceptors (Lipinski definition) is 0. The minimum atomic E-state index is -0.861. The van der Waals surface area contributed by atoms with Crippen molar-refractivity contribution in [2.45, 2.75) is 71.4 Å². The van der Waals surface area contributed by atoms with Gasteiger partial charge >= 0.3 is 0 Å². The van der Waals surface area contributed by atoms with E-state index >= 15 is 0 Å². The third-order valence-electron chi connectivity index (χ3n) is 5.58. The van der Waals surface area contributed by atoms with Crippen LogP contribution in [0.15, 0.2) is 133 Å². The summed E-state index contributed by atoms with van der Waals surface area (Å²) in [6.45, 7) is 32.3. The Hall–Kier alpha value is -1.92. The molecule has 0 bridgehead atoms. The molecule has 0 spiro atoms. The molecule has 0 N–H and O–H groups in total. The SMILES string of the molecule is [CH2-][Si](C)(C)C.[CH2-][Si](C)(C)C.[CH2-][Si](C)(C)C.[Zr].c1ccc(C[N-]C([N-]c2ccc3ccccc3c2)P(c2ccccc2)c2ccccc2)cc1. The van der Waals surface area contributed by atoms with Gasteiger partial charge in [-0.1, -0.05) is 206 Å². The summed E-state index contributed by atoms with van der Waals surface area (Å²) in [6, 6.07) is 46.7. The topological polar surface area (TPSA) is 28.2 Å². The standard InChI is InChI=1S/C30H25N2P.3C4H11Si.Zr/c1-4-12-24(13-5-1)23-31-30(32-27-21-20-25-14-10-11-15-26(25)22-27)33(28-16-6-2-7-17-28)29-18-8-3-9-19-29;3*1-5(2,3)4;/h1-22,30H,23H2;3*1H2,2-4H3;/q-2;3*-1;. The van der Waals surface area contributed by atoms with Gasteiger partial charge in [0.15, 0.2) is 0 Å². The van der Waals surface area contributed by atoms with Crippen molar-refractivity contribution in [3.63, 3.8) is 0 Å². The number of hydrogen-bond donors (Lipinski definition) is 0. The van der Waals surface area contributed by atoms with Gasteiger partial charge in [-0.3, -0.25) is 0 Å². The Morgan fingerprint density at radius 1 is 0.510 bits per heavy atom. The van der Waals surface area contributed by atoms with Crippen molar-refractivity contribution >= 4 is 59.2 Å². The zero-order valence-electron chi connectivity index (χ0n) is 31.4. The normalized spacial score (nSPS) is 11.8. The minimum absolute atomic E-state index is 0. The second-order valence-corrected chi connectivity index (χ2v) is 33.2. The van der Waals surface area contributed by atoms with Crippen LogP contribution in [0.5, 0.6) is 0 Å². The smallest absolute Gasteiger partial charge is 0 e. The molecule has 5 aromatic carbocycles. The first-order valence-corrected chi connectivity index (χ1v) is 29.3. The Bertz CT molecular complexity index is 1500. The first kappa shape index (κ1) is 45.1. The Balaban J connectivity index is 0.000000633. The van der Waals surface area contributed by atoms with E-state index < -0.39 is 32.1 Å². The number of benzene rings is 5. The van der Waals surface area contributed by atoms with Crippen molar-refractivity contribution < 1.29 is 26.2 Å². The van der Waals surface area contributed by atoms with Crippen LogP contribution in [0.25, 0.3) is 21.4 Å². The van der Waals surface area contributed by atoms with Gasteiger partial charge in [-0.2, -0.15) is 5.91 Å². The van der Waals surface area contributed by atoms with E-state index in [2.05, 4.69) is 206 Å². The van der Waals surface area contributed by atoms with Crippen molar-refractivity contribution in [3.05, 3.63) is 169 Å². The van der Waals surface area contributed by atoms with Gasteiger partial charge in [-0.25, -0.2) is 0 Å². The third-order valence-corrected chi connectivity index (χ3v) is 8.03. The van der Waals surface area contributed by atoms with E-state index in [1.54, 1.807) is 0 Å². The van der Waals surface area contributed by atoms with E-state index in [0.29, 0.717) is 6.54 Å². The zero-order chi connectivity index (χ0) is 35.8. The van der Waals surface area contributed by atoms with Crippen LogP contribution in [0, 0.1) is 19.6 Å². The molecule has 0 aliphatic carbocycles. The Kier molecular flexibility index (Phi) is 20.4. The molecule has 0 aliphatic rings. The van der Waals surface area contributed by atoms with Gasteiger partial charge in [0.25, 0.3) is 0 Å². The Morgan fingerprint density at radius 3 is 1.31 bits per heavy atom. The van der Waals surface area contributed by atoms with Gasteiger partial charge in [0.2, 0.25) is 0 Å². The summed E-state index contributed by atoms with van der Waals surface area (Å²) < 4.78 is 0. The van der Waals surface area contributed by atoms with Crippen LogP contribution in [-0.4, -0.2) is 30.1 Å². The molecule has 0 saturated heterocycles. The van der Waals surface area contributed by atoms with Crippen LogP contribution in [-0.2, 0) is 32.7 Å². The van der Waals surface area contributed by atoms with Crippen LogP contribution in [0.3, 0.4) is 0 Å². The largest absolute Gasteiger partial charge is 0.695 e. The van der Waals surface area contributed by atoms with E-state index in [4.69, 9.17) is 10.6 Å². The second kappa shape index (κ2) is 22.1. The fourth-order valence-electron chi connectivity index (χ4n) is 3.93. The summed E-state index contributed by atoms with van der Waals surface area (Å²) in [4.78, 5) is 0. The van der Waals surface area contributed by atoms with E-state index in [9.17, 15) is 0 Å². The molecule has 0 aliphatic heterocycles. The molecular formula is C42H58N2PSi3Zr-5. The quantitative estimate of drug-likeness (QED) is 0.0850. The van der Waals surface area contributed by atoms with Gasteiger partial charge in [-0.15, -0.1) is 36.5 Å². The first-order valence-electron chi connectivity index (χ1n) is 16.7. The zero-order valence-corrected chi connectivity index (χ0v) is 37.8. The maximum Gasteiger partial charge on any atom is 0 e. The Labute approximate surface area is 323 Å². The number of rotatable bonds is 8. The summed E-state index contributed by atoms with van der Waals surface area (Å²) in [5, 5.41) is 15.4. The molecule has 5 rings (SSSR count). The third kappa shape index (κ3) is 22.5. The van der Waals surface area contributed by atoms with Crippen LogP contribution in [0.4, 0.5) is 5.69 Å². The fraction of sp³-hybridized carbons (Fsp3) is 0.262. The van der Waals surface area contributed by atoms with Crippen molar-refractivity contribution in [3.8, 4) is 0 Å². The summed E-state index contributed by atoms with van der Waals surface area (Å²) in [5.41, 5.74) is 2.17. The van der Waals surface area contributed by atoms with Gasteiger partial charge in [0, 0.05) is 26.2 Å². The molecule has 0 amide bonds. The summed E-state index contributed by atoms with van der Waals surface area (Å²) in [6.07, 6.45) is 0. The molecule has 5 aromatic rings. The number of fused-ring (bicyclic) bond motifs is 1. The van der Waals surface area contributed by atoms with Crippen LogP contribution >= 0.6 is 7.92 Å². The van der Waals surface area contributed by atoms with Gasteiger partial charge in [0.1, 0.15) is 0 Å². The van der Waals surface area contributed by atoms with E-state index in [1.807, 2.05) is 6.07 Å². The predicted octanol–water partition coefficient (Wildman–Crippen LogP) is 12.9. The summed E-state index contributed by atoms with van der Waals surface area (Å²) >= 11 is 0. The molecule has 1 atom stereocenters. The van der Waals surface area contributed by atoms with E-state index in [-0.39, 0.29) is 32.1 Å². The summed E-state index contributed by atoms with van der Waals surface area (Å²) in [5.74, 6) is -0.189. The predicted molar refractivity (Wildman–Crippen MR) is 229 cm³/mol. The van der Waals surface area contributed by atoms with Gasteiger partial charge in [0.05, 0.1) is 0 Å². The molecule has 0 heterocycles. The van der Waals surface area contributed by atoms with Crippen LogP contribution in [0.1, 0.15) is 5.56 Å².